The number of benzene rings is 1. The minimum atomic E-state index is 0.140. The van der Waals surface area contributed by atoms with E-state index in [1.54, 1.807) is 7.11 Å². The molecule has 17 heavy (non-hydrogen) atoms. The first-order valence-electron chi connectivity index (χ1n) is 5.97. The zero-order valence-electron chi connectivity index (χ0n) is 11.6. The molecular weight excluding hydrogens is 212 g/mol. The van der Waals surface area contributed by atoms with Crippen LogP contribution < -0.4 is 10.1 Å². The fraction of sp³-hybridized carbons (Fsp3) is 0.571. The summed E-state index contributed by atoms with van der Waals surface area (Å²) < 4.78 is 5.15. The number of nitrogens with one attached hydrogen (secondary N) is 1. The molecule has 1 N–H and O–H groups in total. The predicted molar refractivity (Wildman–Crippen MR) is 72.5 cm³/mol. The van der Waals surface area contributed by atoms with Gasteiger partial charge in [0.25, 0.3) is 0 Å². The standard InChI is InChI=1S/C14H24N2O/c1-14(2,15-3)11-16(4)10-12-6-8-13(17-5)9-7-12/h6-9,15H,10-11H2,1-5H3. The van der Waals surface area contributed by atoms with Gasteiger partial charge in [0.05, 0.1) is 7.11 Å². The van der Waals surface area contributed by atoms with E-state index in [-0.39, 0.29) is 5.54 Å². The molecule has 96 valence electrons. The molecule has 0 unspecified atom stereocenters. The van der Waals surface area contributed by atoms with Crippen LogP contribution in [0.25, 0.3) is 0 Å². The van der Waals surface area contributed by atoms with Crippen LogP contribution in [0, 0.1) is 0 Å². The van der Waals surface area contributed by atoms with E-state index in [0.29, 0.717) is 0 Å². The third kappa shape index (κ3) is 4.75. The molecule has 0 heterocycles. The molecule has 0 spiro atoms. The second-order valence-electron chi connectivity index (χ2n) is 5.15. The van der Waals surface area contributed by atoms with E-state index in [2.05, 4.69) is 43.2 Å². The number of rotatable bonds is 6. The van der Waals surface area contributed by atoms with E-state index in [0.717, 1.165) is 18.8 Å². The number of methoxy groups -OCH3 is 1. The minimum Gasteiger partial charge on any atom is -0.497 e. The maximum absolute atomic E-state index is 5.15. The van der Waals surface area contributed by atoms with Crippen LogP contribution in [0.5, 0.6) is 5.75 Å². The molecular formula is C14H24N2O. The molecule has 0 aliphatic rings. The van der Waals surface area contributed by atoms with Gasteiger partial charge in [0.1, 0.15) is 5.75 Å². The van der Waals surface area contributed by atoms with Gasteiger partial charge in [0.15, 0.2) is 0 Å². The van der Waals surface area contributed by atoms with Crippen LogP contribution in [0.2, 0.25) is 0 Å². The van der Waals surface area contributed by atoms with Crippen molar-refractivity contribution in [1.82, 2.24) is 10.2 Å². The third-order valence-corrected chi connectivity index (χ3v) is 2.95. The van der Waals surface area contributed by atoms with Gasteiger partial charge >= 0.3 is 0 Å². The Balaban J connectivity index is 2.52. The first kappa shape index (κ1) is 14.0. The SMILES string of the molecule is CNC(C)(C)CN(C)Cc1ccc(OC)cc1. The highest BCUT2D eigenvalue weighted by Gasteiger charge is 2.17. The molecule has 0 radical (unpaired) electrons. The number of hydrogen-bond donors (Lipinski definition) is 1. The summed E-state index contributed by atoms with van der Waals surface area (Å²) in [4.78, 5) is 2.32. The molecule has 0 aromatic heterocycles. The molecule has 3 nitrogen and oxygen atoms in total. The summed E-state index contributed by atoms with van der Waals surface area (Å²) in [5.74, 6) is 0.909. The molecule has 0 atom stereocenters. The van der Waals surface area contributed by atoms with Crippen molar-refractivity contribution in [3.63, 3.8) is 0 Å². The van der Waals surface area contributed by atoms with Crippen molar-refractivity contribution in [2.45, 2.75) is 25.9 Å². The molecule has 0 aliphatic heterocycles. The Morgan fingerprint density at radius 1 is 1.24 bits per heavy atom. The molecule has 1 aromatic carbocycles. The maximum atomic E-state index is 5.15. The third-order valence-electron chi connectivity index (χ3n) is 2.95. The largest absolute Gasteiger partial charge is 0.497 e. The quantitative estimate of drug-likeness (QED) is 0.819. The average Bonchev–Trinajstić information content (AvgIpc) is 2.29. The highest BCUT2D eigenvalue weighted by Crippen LogP contribution is 2.13. The van der Waals surface area contributed by atoms with Gasteiger partial charge in [-0.25, -0.2) is 0 Å². The highest BCUT2D eigenvalue weighted by atomic mass is 16.5. The Bertz CT molecular complexity index is 333. The first-order chi connectivity index (χ1) is 7.96. The molecule has 0 amide bonds. The van der Waals surface area contributed by atoms with Gasteiger partial charge in [-0.05, 0) is 45.6 Å². The highest BCUT2D eigenvalue weighted by molar-refractivity contribution is 5.27. The second kappa shape index (κ2) is 6.03. The number of likely N-dealkylation sites (N-methyl/N-ethyl adjacent to an activating group) is 2. The van der Waals surface area contributed by atoms with Crippen LogP contribution in [0.15, 0.2) is 24.3 Å². The lowest BCUT2D eigenvalue weighted by atomic mass is 10.1. The van der Waals surface area contributed by atoms with E-state index >= 15 is 0 Å². The lowest BCUT2D eigenvalue weighted by molar-refractivity contribution is 0.238. The fourth-order valence-electron chi connectivity index (χ4n) is 1.85. The monoisotopic (exact) mass is 236 g/mol. The number of hydrogen-bond acceptors (Lipinski definition) is 3. The zero-order chi connectivity index (χ0) is 12.9. The average molecular weight is 236 g/mol. The van der Waals surface area contributed by atoms with E-state index in [9.17, 15) is 0 Å². The summed E-state index contributed by atoms with van der Waals surface area (Å²) in [6, 6.07) is 8.24. The van der Waals surface area contributed by atoms with Crippen LogP contribution in [-0.4, -0.2) is 38.2 Å². The lowest BCUT2D eigenvalue weighted by Gasteiger charge is -2.30. The Kier molecular flexibility index (Phi) is 4.97. The van der Waals surface area contributed by atoms with Gasteiger partial charge in [-0.1, -0.05) is 12.1 Å². The predicted octanol–water partition coefficient (Wildman–Crippen LogP) is 2.12. The van der Waals surface area contributed by atoms with Crippen LogP contribution >= 0.6 is 0 Å². The van der Waals surface area contributed by atoms with Crippen molar-refractivity contribution in [2.75, 3.05) is 27.7 Å². The summed E-state index contributed by atoms with van der Waals surface area (Å²) in [6.07, 6.45) is 0. The van der Waals surface area contributed by atoms with E-state index in [4.69, 9.17) is 4.74 Å². The van der Waals surface area contributed by atoms with E-state index in [1.165, 1.54) is 5.56 Å². The molecule has 0 bridgehead atoms. The summed E-state index contributed by atoms with van der Waals surface area (Å²) in [5, 5.41) is 3.31. The Hall–Kier alpha value is -1.06. The summed E-state index contributed by atoms with van der Waals surface area (Å²) in [5.41, 5.74) is 1.45. The van der Waals surface area contributed by atoms with Crippen LogP contribution in [0.1, 0.15) is 19.4 Å². The van der Waals surface area contributed by atoms with Crippen LogP contribution in [-0.2, 0) is 6.54 Å². The molecule has 0 fully saturated rings. The Morgan fingerprint density at radius 3 is 2.29 bits per heavy atom. The van der Waals surface area contributed by atoms with E-state index in [1.807, 2.05) is 19.2 Å². The van der Waals surface area contributed by atoms with Gasteiger partial charge in [0, 0.05) is 18.6 Å². The topological polar surface area (TPSA) is 24.5 Å². The maximum Gasteiger partial charge on any atom is 0.118 e. The van der Waals surface area contributed by atoms with Gasteiger partial charge in [0.2, 0.25) is 0 Å². The van der Waals surface area contributed by atoms with Crippen molar-refractivity contribution in [3.05, 3.63) is 29.8 Å². The van der Waals surface area contributed by atoms with Gasteiger partial charge in [-0.3, -0.25) is 0 Å². The molecule has 0 saturated carbocycles. The zero-order valence-corrected chi connectivity index (χ0v) is 11.6. The van der Waals surface area contributed by atoms with Gasteiger partial charge < -0.3 is 15.0 Å². The van der Waals surface area contributed by atoms with Crippen LogP contribution in [0.3, 0.4) is 0 Å². The normalized spacial score (nSPS) is 11.9. The Morgan fingerprint density at radius 2 is 1.82 bits per heavy atom. The van der Waals surface area contributed by atoms with Crippen molar-refractivity contribution in [1.29, 1.82) is 0 Å². The molecule has 3 heteroatoms. The van der Waals surface area contributed by atoms with Crippen molar-refractivity contribution >= 4 is 0 Å². The van der Waals surface area contributed by atoms with E-state index < -0.39 is 0 Å². The molecule has 0 saturated heterocycles. The second-order valence-corrected chi connectivity index (χ2v) is 5.15. The van der Waals surface area contributed by atoms with Crippen LogP contribution in [0.4, 0.5) is 0 Å². The van der Waals surface area contributed by atoms with Crippen molar-refractivity contribution < 1.29 is 4.74 Å². The summed E-state index contributed by atoms with van der Waals surface area (Å²) in [7, 11) is 5.83. The Labute approximate surface area is 105 Å². The number of nitrogens with zero attached hydrogens (tertiary/aromatic N) is 1. The van der Waals surface area contributed by atoms with Gasteiger partial charge in [-0.2, -0.15) is 0 Å². The molecule has 0 aliphatic carbocycles. The summed E-state index contributed by atoms with van der Waals surface area (Å²) >= 11 is 0. The van der Waals surface area contributed by atoms with Crippen molar-refractivity contribution in [2.24, 2.45) is 0 Å². The number of ether oxygens (including phenoxy) is 1. The minimum absolute atomic E-state index is 0.140. The smallest absolute Gasteiger partial charge is 0.118 e. The van der Waals surface area contributed by atoms with Crippen molar-refractivity contribution in [3.8, 4) is 5.75 Å². The van der Waals surface area contributed by atoms with Gasteiger partial charge in [-0.15, -0.1) is 0 Å². The first-order valence-corrected chi connectivity index (χ1v) is 5.97. The fourth-order valence-corrected chi connectivity index (χ4v) is 1.85. The summed E-state index contributed by atoms with van der Waals surface area (Å²) in [6.45, 7) is 6.37. The lowest BCUT2D eigenvalue weighted by Crippen LogP contribution is -2.46. The molecule has 1 aromatic rings. The molecule has 1 rings (SSSR count).